The molecule has 230 valence electrons. The van der Waals surface area contributed by atoms with Crippen molar-refractivity contribution in [1.29, 1.82) is 0 Å². The Kier molecular flexibility index (Phi) is 9.87. The monoisotopic (exact) mass is 642 g/mol. The Morgan fingerprint density at radius 2 is 0.500 bits per heavy atom. The summed E-state index contributed by atoms with van der Waals surface area (Å²) in [6.07, 6.45) is 0. The molecule has 6 heteroatoms. The molecule has 4 nitrogen and oxygen atoms in total. The molecule has 0 aliphatic heterocycles. The molecule has 0 fully saturated rings. The topological polar surface area (TPSA) is 36.9 Å². The van der Waals surface area contributed by atoms with E-state index in [0.717, 1.165) is 77.3 Å². The molecule has 0 aliphatic rings. The van der Waals surface area contributed by atoms with Crippen molar-refractivity contribution in [3.8, 4) is 67.5 Å². The van der Waals surface area contributed by atoms with Crippen molar-refractivity contribution < 1.29 is 18.9 Å². The molecule has 0 aliphatic carbocycles. The number of ether oxygens (including phenoxy) is 4. The number of hydrogen-bond donors (Lipinski definition) is 0. The summed E-state index contributed by atoms with van der Waals surface area (Å²) in [5, 5.41) is 0. The Balaban J connectivity index is 1.58. The Morgan fingerprint density at radius 1 is 0.283 bits per heavy atom. The van der Waals surface area contributed by atoms with Gasteiger partial charge in [0.05, 0.1) is 28.4 Å². The average Bonchev–Trinajstić information content (AvgIpc) is 3.13. The molecule has 0 bridgehead atoms. The van der Waals surface area contributed by atoms with Crippen LogP contribution in [0.5, 0.6) is 23.0 Å². The van der Waals surface area contributed by atoms with Gasteiger partial charge in [-0.05, 0) is 24.3 Å². The minimum atomic E-state index is 0.815. The van der Waals surface area contributed by atoms with E-state index in [0.29, 0.717) is 0 Å². The fourth-order valence-corrected chi connectivity index (χ4v) is 8.47. The first-order valence-corrected chi connectivity index (χ1v) is 17.0. The predicted octanol–water partition coefficient (Wildman–Crippen LogP) is 11.2. The highest BCUT2D eigenvalue weighted by molar-refractivity contribution is 8.76. The summed E-state index contributed by atoms with van der Waals surface area (Å²) in [5.74, 6) is 3.26. The van der Waals surface area contributed by atoms with Crippen LogP contribution in [0.2, 0.25) is 0 Å². The molecule has 0 heterocycles. The summed E-state index contributed by atoms with van der Waals surface area (Å²) in [6, 6.07) is 45.5. The zero-order chi connectivity index (χ0) is 31.9. The first kappa shape index (κ1) is 31.2. The number of methoxy groups -OCH3 is 4. The fraction of sp³-hybridized carbons (Fsp3) is 0.100. The molecule has 0 unspecified atom stereocenters. The number of benzene rings is 6. The van der Waals surface area contributed by atoms with Crippen LogP contribution < -0.4 is 18.9 Å². The maximum absolute atomic E-state index is 5.84. The molecule has 0 amide bonds. The van der Waals surface area contributed by atoms with Gasteiger partial charge in [0.2, 0.25) is 0 Å². The molecule has 0 N–H and O–H groups in total. The van der Waals surface area contributed by atoms with Gasteiger partial charge in [-0.3, -0.25) is 0 Å². The third-order valence-electron chi connectivity index (χ3n) is 7.83. The maximum Gasteiger partial charge on any atom is 0.126 e. The van der Waals surface area contributed by atoms with Crippen LogP contribution in [0, 0.1) is 0 Å². The van der Waals surface area contributed by atoms with Crippen molar-refractivity contribution >= 4 is 21.6 Å². The second-order valence-electron chi connectivity index (χ2n) is 10.3. The SMILES string of the molecule is COc1ccccc1-c1cccc(-c2ccccc2OC)c1SSc1c(-c2ccccc2OC)cccc1-c1ccccc1OC. The maximum atomic E-state index is 5.84. The zero-order valence-corrected chi connectivity index (χ0v) is 27.8. The number of hydrogen-bond acceptors (Lipinski definition) is 6. The van der Waals surface area contributed by atoms with Crippen molar-refractivity contribution in [2.24, 2.45) is 0 Å². The van der Waals surface area contributed by atoms with Gasteiger partial charge in [0.25, 0.3) is 0 Å². The van der Waals surface area contributed by atoms with Crippen LogP contribution in [0.4, 0.5) is 0 Å². The van der Waals surface area contributed by atoms with Gasteiger partial charge in [-0.25, -0.2) is 0 Å². The molecular formula is C40H34O4S2. The highest BCUT2D eigenvalue weighted by Crippen LogP contribution is 2.54. The Bertz CT molecular complexity index is 1700. The van der Waals surface area contributed by atoms with Crippen LogP contribution in [-0.2, 0) is 0 Å². The lowest BCUT2D eigenvalue weighted by atomic mass is 9.97. The van der Waals surface area contributed by atoms with E-state index in [1.165, 1.54) is 0 Å². The van der Waals surface area contributed by atoms with E-state index < -0.39 is 0 Å². The largest absolute Gasteiger partial charge is 0.496 e. The number of para-hydroxylation sites is 4. The highest BCUT2D eigenvalue weighted by Gasteiger charge is 2.22. The average molecular weight is 643 g/mol. The molecule has 0 atom stereocenters. The van der Waals surface area contributed by atoms with E-state index in [1.54, 1.807) is 50.0 Å². The fourth-order valence-electron chi connectivity index (χ4n) is 5.65. The van der Waals surface area contributed by atoms with Gasteiger partial charge in [0, 0.05) is 54.3 Å². The first-order valence-electron chi connectivity index (χ1n) is 14.8. The summed E-state index contributed by atoms with van der Waals surface area (Å²) in [7, 11) is 10.3. The van der Waals surface area contributed by atoms with E-state index in [4.69, 9.17) is 18.9 Å². The quantitative estimate of drug-likeness (QED) is 0.131. The van der Waals surface area contributed by atoms with Gasteiger partial charge in [-0.15, -0.1) is 0 Å². The lowest BCUT2D eigenvalue weighted by Crippen LogP contribution is -1.94. The molecule has 6 aromatic carbocycles. The van der Waals surface area contributed by atoms with E-state index >= 15 is 0 Å². The van der Waals surface area contributed by atoms with Crippen molar-refractivity contribution in [2.75, 3.05) is 28.4 Å². The molecule has 6 aromatic rings. The Labute approximate surface area is 278 Å². The molecule has 0 aromatic heterocycles. The molecule has 0 saturated carbocycles. The summed E-state index contributed by atoms with van der Waals surface area (Å²) < 4.78 is 23.4. The lowest BCUT2D eigenvalue weighted by Gasteiger charge is -2.20. The summed E-state index contributed by atoms with van der Waals surface area (Å²) in [6.45, 7) is 0. The van der Waals surface area contributed by atoms with Crippen LogP contribution in [0.1, 0.15) is 0 Å². The van der Waals surface area contributed by atoms with Gasteiger partial charge in [0.15, 0.2) is 0 Å². The van der Waals surface area contributed by atoms with E-state index in [1.807, 2.05) is 72.8 Å². The number of rotatable bonds is 11. The van der Waals surface area contributed by atoms with E-state index in [2.05, 4.69) is 60.7 Å². The minimum Gasteiger partial charge on any atom is -0.496 e. The Hall–Kier alpha value is -4.78. The molecule has 0 radical (unpaired) electrons. The van der Waals surface area contributed by atoms with E-state index in [-0.39, 0.29) is 0 Å². The van der Waals surface area contributed by atoms with Gasteiger partial charge in [0.1, 0.15) is 23.0 Å². The smallest absolute Gasteiger partial charge is 0.126 e. The highest BCUT2D eigenvalue weighted by atomic mass is 33.1. The normalized spacial score (nSPS) is 10.8. The molecule has 0 spiro atoms. The lowest BCUT2D eigenvalue weighted by molar-refractivity contribution is 0.416. The van der Waals surface area contributed by atoms with Crippen molar-refractivity contribution in [1.82, 2.24) is 0 Å². The standard InChI is InChI=1S/C40H34O4S2/c1-41-35-23-9-5-15-27(35)31-19-13-20-32(28-16-6-10-24-36(28)42-2)39(31)45-46-40-33(29-17-7-11-25-37(29)43-3)21-14-22-34(40)30-18-8-12-26-38(30)44-4/h5-26H,1-4H3. The van der Waals surface area contributed by atoms with Crippen LogP contribution in [0.3, 0.4) is 0 Å². The second kappa shape index (κ2) is 14.5. The van der Waals surface area contributed by atoms with Crippen molar-refractivity contribution in [3.63, 3.8) is 0 Å². The Morgan fingerprint density at radius 3 is 0.739 bits per heavy atom. The van der Waals surface area contributed by atoms with Crippen molar-refractivity contribution in [2.45, 2.75) is 9.79 Å². The molecule has 6 rings (SSSR count). The molecular weight excluding hydrogens is 609 g/mol. The summed E-state index contributed by atoms with van der Waals surface area (Å²) in [5.41, 5.74) is 8.39. The van der Waals surface area contributed by atoms with Crippen LogP contribution >= 0.6 is 21.6 Å². The summed E-state index contributed by atoms with van der Waals surface area (Å²) in [4.78, 5) is 2.20. The second-order valence-corrected chi connectivity index (χ2v) is 12.5. The van der Waals surface area contributed by atoms with Gasteiger partial charge in [-0.1, -0.05) is 131 Å². The third-order valence-corrected chi connectivity index (χ3v) is 10.4. The predicted molar refractivity (Wildman–Crippen MR) is 193 cm³/mol. The van der Waals surface area contributed by atoms with Gasteiger partial charge in [-0.2, -0.15) is 0 Å². The van der Waals surface area contributed by atoms with Crippen LogP contribution in [0.25, 0.3) is 44.5 Å². The van der Waals surface area contributed by atoms with Crippen LogP contribution in [0.15, 0.2) is 143 Å². The van der Waals surface area contributed by atoms with E-state index in [9.17, 15) is 0 Å². The first-order chi connectivity index (χ1) is 22.7. The zero-order valence-electron chi connectivity index (χ0n) is 26.2. The molecule has 0 saturated heterocycles. The van der Waals surface area contributed by atoms with Gasteiger partial charge >= 0.3 is 0 Å². The minimum absolute atomic E-state index is 0.815. The van der Waals surface area contributed by atoms with Crippen molar-refractivity contribution in [3.05, 3.63) is 133 Å². The van der Waals surface area contributed by atoms with Gasteiger partial charge < -0.3 is 18.9 Å². The third kappa shape index (κ3) is 6.19. The molecule has 46 heavy (non-hydrogen) atoms. The summed E-state index contributed by atoms with van der Waals surface area (Å²) >= 11 is 0. The van der Waals surface area contributed by atoms with Crippen LogP contribution in [-0.4, -0.2) is 28.4 Å².